The van der Waals surface area contributed by atoms with E-state index in [1.807, 2.05) is 17.8 Å². The van der Waals surface area contributed by atoms with Crippen LogP contribution in [0.3, 0.4) is 0 Å². The van der Waals surface area contributed by atoms with Crippen LogP contribution in [0.1, 0.15) is 22.7 Å². The number of nitrogens with zero attached hydrogens (tertiary/aromatic N) is 5. The minimum Gasteiger partial charge on any atom is -0.339 e. The first kappa shape index (κ1) is 15.7. The first-order chi connectivity index (χ1) is 11.0. The lowest BCUT2D eigenvalue weighted by atomic mass is 10.2. The minimum absolute atomic E-state index is 0.0152. The molecule has 8 heteroatoms. The molecular weight excluding hydrogens is 299 g/mol. The lowest BCUT2D eigenvalue weighted by Crippen LogP contribution is -2.41. The number of H-pyrrole nitrogens is 1. The molecule has 0 saturated carbocycles. The van der Waals surface area contributed by atoms with Crippen LogP contribution < -0.4 is 0 Å². The Kier molecular flexibility index (Phi) is 4.42. The van der Waals surface area contributed by atoms with Gasteiger partial charge < -0.3 is 9.47 Å². The topological polar surface area (TPSA) is 70.1 Å². The van der Waals surface area contributed by atoms with E-state index in [2.05, 4.69) is 20.1 Å². The van der Waals surface area contributed by atoms with Gasteiger partial charge in [0.25, 0.3) is 5.91 Å². The van der Waals surface area contributed by atoms with Gasteiger partial charge in [0.2, 0.25) is 0 Å². The van der Waals surface area contributed by atoms with Gasteiger partial charge in [0, 0.05) is 51.8 Å². The van der Waals surface area contributed by atoms with Gasteiger partial charge in [-0.05, 0) is 12.5 Å². The third kappa shape index (κ3) is 3.42. The molecular formula is C15H21FN6O. The molecule has 1 saturated heterocycles. The molecule has 0 bridgehead atoms. The van der Waals surface area contributed by atoms with E-state index in [1.54, 1.807) is 30.4 Å². The van der Waals surface area contributed by atoms with Crippen molar-refractivity contribution < 1.29 is 9.18 Å². The average molecular weight is 320 g/mol. The number of carbonyl (C=O) groups is 1. The molecule has 3 rings (SSSR count). The molecule has 3 heterocycles. The average Bonchev–Trinajstić information content (AvgIpc) is 3.23. The fourth-order valence-corrected chi connectivity index (χ4v) is 3.02. The lowest BCUT2D eigenvalue weighted by Gasteiger charge is -2.27. The summed E-state index contributed by atoms with van der Waals surface area (Å²) in [4.78, 5) is 20.2. The van der Waals surface area contributed by atoms with Crippen molar-refractivity contribution in [2.75, 3.05) is 20.1 Å². The molecule has 2 atom stereocenters. The summed E-state index contributed by atoms with van der Waals surface area (Å²) in [6.07, 6.45) is 4.73. The zero-order chi connectivity index (χ0) is 16.4. The Labute approximate surface area is 134 Å². The van der Waals surface area contributed by atoms with Gasteiger partial charge >= 0.3 is 0 Å². The van der Waals surface area contributed by atoms with Crippen LogP contribution in [0.2, 0.25) is 0 Å². The van der Waals surface area contributed by atoms with E-state index in [0.29, 0.717) is 31.7 Å². The fourth-order valence-electron chi connectivity index (χ4n) is 3.02. The number of likely N-dealkylation sites (N-methyl/N-ethyl adjacent to an activating group) is 1. The summed E-state index contributed by atoms with van der Waals surface area (Å²) in [5.74, 6) is 0.758. The summed E-state index contributed by atoms with van der Waals surface area (Å²) in [5.41, 5.74) is 0.443. The summed E-state index contributed by atoms with van der Waals surface area (Å²) in [7, 11) is 3.65. The maximum Gasteiger partial charge on any atom is 0.271 e. The van der Waals surface area contributed by atoms with Gasteiger partial charge in [-0.15, -0.1) is 0 Å². The standard InChI is InChI=1S/C15H21FN6O/c1-20-6-5-17-14(20)10-22-8-11(16)7-12(22)9-21(2)15(23)13-3-4-18-19-13/h3-6,11-12H,7-10H2,1-2H3,(H,18,19)/t11-,12-/m0/s1. The highest BCUT2D eigenvalue weighted by molar-refractivity contribution is 5.91. The van der Waals surface area contributed by atoms with Crippen LogP contribution in [0, 0.1) is 0 Å². The van der Waals surface area contributed by atoms with Crippen LogP contribution >= 0.6 is 0 Å². The highest BCUT2D eigenvalue weighted by Crippen LogP contribution is 2.23. The summed E-state index contributed by atoms with van der Waals surface area (Å²) in [6, 6.07) is 1.62. The number of nitrogens with one attached hydrogen (secondary N) is 1. The maximum absolute atomic E-state index is 13.9. The predicted octanol–water partition coefficient (Wildman–Crippen LogP) is 0.828. The molecule has 1 aliphatic heterocycles. The van der Waals surface area contributed by atoms with Crippen LogP contribution in [-0.4, -0.2) is 67.8 Å². The quantitative estimate of drug-likeness (QED) is 0.886. The largest absolute Gasteiger partial charge is 0.339 e. The number of halogens is 1. The molecule has 1 aliphatic rings. The minimum atomic E-state index is -0.865. The fraction of sp³-hybridized carbons (Fsp3) is 0.533. The van der Waals surface area contributed by atoms with Crippen molar-refractivity contribution in [3.63, 3.8) is 0 Å². The van der Waals surface area contributed by atoms with Gasteiger partial charge in [0.05, 0.1) is 6.54 Å². The van der Waals surface area contributed by atoms with Crippen LogP contribution in [0.15, 0.2) is 24.7 Å². The van der Waals surface area contributed by atoms with Crippen molar-refractivity contribution in [2.45, 2.75) is 25.2 Å². The monoisotopic (exact) mass is 320 g/mol. The SMILES string of the molecule is CN(C[C@@H]1C[C@H](F)CN1Cc1nccn1C)C(=O)c1ccn[nH]1. The summed E-state index contributed by atoms with van der Waals surface area (Å²) in [6.45, 7) is 1.44. The van der Waals surface area contributed by atoms with Crippen molar-refractivity contribution in [3.05, 3.63) is 36.2 Å². The third-order valence-corrected chi connectivity index (χ3v) is 4.30. The van der Waals surface area contributed by atoms with Crippen LogP contribution in [0.4, 0.5) is 4.39 Å². The molecule has 124 valence electrons. The van der Waals surface area contributed by atoms with Crippen molar-refractivity contribution in [1.29, 1.82) is 0 Å². The molecule has 1 amide bonds. The first-order valence-electron chi connectivity index (χ1n) is 7.63. The van der Waals surface area contributed by atoms with E-state index in [1.165, 1.54) is 0 Å². The molecule has 0 aromatic carbocycles. The van der Waals surface area contributed by atoms with Gasteiger partial charge in [-0.1, -0.05) is 0 Å². The van der Waals surface area contributed by atoms with E-state index in [9.17, 15) is 9.18 Å². The summed E-state index contributed by atoms with van der Waals surface area (Å²) < 4.78 is 15.8. The van der Waals surface area contributed by atoms with E-state index in [4.69, 9.17) is 0 Å². The Hall–Kier alpha value is -2.22. The van der Waals surface area contributed by atoms with E-state index in [-0.39, 0.29) is 11.9 Å². The highest BCUT2D eigenvalue weighted by atomic mass is 19.1. The van der Waals surface area contributed by atoms with Crippen molar-refractivity contribution in [2.24, 2.45) is 7.05 Å². The first-order valence-corrected chi connectivity index (χ1v) is 7.63. The smallest absolute Gasteiger partial charge is 0.271 e. The number of imidazole rings is 1. The second-order valence-corrected chi connectivity index (χ2v) is 6.03. The van der Waals surface area contributed by atoms with E-state index >= 15 is 0 Å². The predicted molar refractivity (Wildman–Crippen MR) is 82.5 cm³/mol. The summed E-state index contributed by atoms with van der Waals surface area (Å²) in [5, 5.41) is 6.45. The Balaban J connectivity index is 1.65. The number of rotatable bonds is 5. The number of carbonyl (C=O) groups excluding carboxylic acids is 1. The second kappa shape index (κ2) is 6.49. The maximum atomic E-state index is 13.9. The molecule has 0 spiro atoms. The molecule has 0 unspecified atom stereocenters. The number of hydrogen-bond donors (Lipinski definition) is 1. The Bertz CT molecular complexity index is 655. The molecule has 1 fully saturated rings. The van der Waals surface area contributed by atoms with Crippen molar-refractivity contribution in [1.82, 2.24) is 29.5 Å². The number of alkyl halides is 1. The van der Waals surface area contributed by atoms with E-state index < -0.39 is 6.17 Å². The molecule has 2 aromatic rings. The van der Waals surface area contributed by atoms with Crippen molar-refractivity contribution in [3.8, 4) is 0 Å². The van der Waals surface area contributed by atoms with Crippen molar-refractivity contribution >= 4 is 5.91 Å². The molecule has 1 N–H and O–H groups in total. The molecule has 23 heavy (non-hydrogen) atoms. The third-order valence-electron chi connectivity index (χ3n) is 4.30. The Morgan fingerprint density at radius 1 is 1.52 bits per heavy atom. The molecule has 7 nitrogen and oxygen atoms in total. The zero-order valence-corrected chi connectivity index (χ0v) is 13.3. The number of likely N-dealkylation sites (tertiary alicyclic amines) is 1. The number of aryl methyl sites for hydroxylation is 1. The number of hydrogen-bond acceptors (Lipinski definition) is 4. The van der Waals surface area contributed by atoms with Gasteiger partial charge in [0.1, 0.15) is 17.7 Å². The van der Waals surface area contributed by atoms with Crippen LogP contribution in [-0.2, 0) is 13.6 Å². The second-order valence-electron chi connectivity index (χ2n) is 6.03. The molecule has 0 aliphatic carbocycles. The highest BCUT2D eigenvalue weighted by Gasteiger charge is 2.34. The number of amides is 1. The Morgan fingerprint density at radius 3 is 3.00 bits per heavy atom. The molecule has 2 aromatic heterocycles. The van der Waals surface area contributed by atoms with Gasteiger partial charge in [-0.3, -0.25) is 14.8 Å². The van der Waals surface area contributed by atoms with Gasteiger partial charge in [0.15, 0.2) is 0 Å². The van der Waals surface area contributed by atoms with Gasteiger partial charge in [-0.2, -0.15) is 5.10 Å². The number of aromatic amines is 1. The zero-order valence-electron chi connectivity index (χ0n) is 13.3. The van der Waals surface area contributed by atoms with Crippen LogP contribution in [0.25, 0.3) is 0 Å². The Morgan fingerprint density at radius 2 is 2.35 bits per heavy atom. The van der Waals surface area contributed by atoms with Crippen LogP contribution in [0.5, 0.6) is 0 Å². The van der Waals surface area contributed by atoms with E-state index in [0.717, 1.165) is 5.82 Å². The molecule has 0 radical (unpaired) electrons. The normalized spacial score (nSPS) is 21.7. The number of aromatic nitrogens is 4. The van der Waals surface area contributed by atoms with Gasteiger partial charge in [-0.25, -0.2) is 9.37 Å². The summed E-state index contributed by atoms with van der Waals surface area (Å²) >= 11 is 0. The lowest BCUT2D eigenvalue weighted by molar-refractivity contribution is 0.0742.